The normalized spacial score (nSPS) is 12.1. The maximum absolute atomic E-state index is 12.7. The molecule has 304 valence electrons. The molecule has 0 aliphatic rings. The number of hydrogen-bond acceptors (Lipinski definition) is 15. The molecule has 0 saturated carbocycles. The van der Waals surface area contributed by atoms with Gasteiger partial charge in [-0.25, -0.2) is 13.4 Å². The van der Waals surface area contributed by atoms with E-state index in [-0.39, 0.29) is 51.4 Å². The monoisotopic (exact) mass is 878 g/mol. The lowest BCUT2D eigenvalue weighted by Gasteiger charge is -2.23. The number of nitrogens with zero attached hydrogens (tertiary/aromatic N) is 6. The van der Waals surface area contributed by atoms with Crippen LogP contribution in [0.1, 0.15) is 12.5 Å². The van der Waals surface area contributed by atoms with Crippen molar-refractivity contribution in [2.45, 2.75) is 28.2 Å². The van der Waals surface area contributed by atoms with Gasteiger partial charge in [0.2, 0.25) is 28.0 Å². The van der Waals surface area contributed by atoms with Gasteiger partial charge in [0, 0.05) is 48.4 Å². The van der Waals surface area contributed by atoms with E-state index in [1.165, 1.54) is 55.6 Å². The highest BCUT2D eigenvalue weighted by Gasteiger charge is 2.27. The summed E-state index contributed by atoms with van der Waals surface area (Å²) in [5.41, 5.74) is 3.03. The van der Waals surface area contributed by atoms with Crippen molar-refractivity contribution < 1.29 is 48.2 Å². The fourth-order valence-electron chi connectivity index (χ4n) is 6.32. The van der Waals surface area contributed by atoms with Gasteiger partial charge in [-0.05, 0) is 84.8 Å². The molecule has 59 heavy (non-hydrogen) atoms. The van der Waals surface area contributed by atoms with Gasteiger partial charge in [0.25, 0.3) is 20.2 Å². The Kier molecular flexibility index (Phi) is 11.1. The predicted octanol–water partition coefficient (Wildman–Crippen LogP) is 5.42. The Hall–Kier alpha value is -6.07. The molecule has 7 aromatic rings. The summed E-state index contributed by atoms with van der Waals surface area (Å²) in [4.78, 5) is 17.2. The first kappa shape index (κ1) is 41.1. The van der Waals surface area contributed by atoms with Crippen molar-refractivity contribution in [2.24, 2.45) is 0 Å². The molecule has 0 radical (unpaired) electrons. The summed E-state index contributed by atoms with van der Waals surface area (Å²) in [7, 11) is -13.0. The Labute approximate surface area is 342 Å². The van der Waals surface area contributed by atoms with Crippen LogP contribution in [0.4, 0.5) is 28.7 Å². The highest BCUT2D eigenvalue weighted by Crippen LogP contribution is 2.32. The largest absolute Gasteiger partial charge is 0.744 e. The van der Waals surface area contributed by atoms with E-state index in [2.05, 4.69) is 25.6 Å². The molecule has 0 amide bonds. The molecule has 0 aliphatic carbocycles. The number of ether oxygens (including phenoxy) is 1. The molecule has 0 bridgehead atoms. The fraction of sp³-hybridized carbons (Fsp3) is 0.108. The molecule has 18 nitrogen and oxygen atoms in total. The van der Waals surface area contributed by atoms with Gasteiger partial charge in [0.1, 0.15) is 30.9 Å². The molecule has 7 rings (SSSR count). The van der Waals surface area contributed by atoms with Gasteiger partial charge in [-0.3, -0.25) is 9.11 Å². The van der Waals surface area contributed by atoms with Crippen LogP contribution < -0.4 is 24.8 Å². The number of benzene rings is 5. The molecule has 0 spiro atoms. The Morgan fingerprint density at radius 1 is 0.746 bits per heavy atom. The number of rotatable bonds is 13. The first-order chi connectivity index (χ1) is 27.9. The van der Waals surface area contributed by atoms with Gasteiger partial charge < -0.3 is 24.8 Å². The summed E-state index contributed by atoms with van der Waals surface area (Å²) in [5.74, 6) is -0.0698. The van der Waals surface area contributed by atoms with E-state index in [0.29, 0.717) is 39.9 Å². The van der Waals surface area contributed by atoms with E-state index in [4.69, 9.17) is 21.3 Å². The number of methoxy groups -OCH3 is 1. The molecule has 0 unspecified atom stereocenters. The van der Waals surface area contributed by atoms with Crippen LogP contribution in [-0.4, -0.2) is 72.5 Å². The minimum atomic E-state index is -5.03. The van der Waals surface area contributed by atoms with Crippen molar-refractivity contribution in [3.8, 4) is 11.7 Å². The number of nitrogens with one attached hydrogen (secondary N) is 2. The number of halogens is 1. The second-order valence-corrected chi connectivity index (χ2v) is 17.2. The van der Waals surface area contributed by atoms with Gasteiger partial charge in [0.15, 0.2) is 0 Å². The van der Waals surface area contributed by atoms with Crippen LogP contribution in [0.2, 0.25) is 5.28 Å². The van der Waals surface area contributed by atoms with Crippen molar-refractivity contribution >= 4 is 92.7 Å². The van der Waals surface area contributed by atoms with Gasteiger partial charge in [-0.2, -0.15) is 31.8 Å². The maximum atomic E-state index is 12.7. The Balaban J connectivity index is 1.36. The van der Waals surface area contributed by atoms with Gasteiger partial charge in [-0.15, -0.1) is 4.57 Å². The van der Waals surface area contributed by atoms with E-state index in [9.17, 15) is 38.9 Å². The molecule has 0 saturated heterocycles. The van der Waals surface area contributed by atoms with E-state index in [0.717, 1.165) is 6.07 Å². The number of para-hydroxylation sites is 1. The zero-order valence-corrected chi connectivity index (χ0v) is 33.9. The van der Waals surface area contributed by atoms with Crippen LogP contribution >= 0.6 is 11.6 Å². The highest BCUT2D eigenvalue weighted by molar-refractivity contribution is 7.86. The first-order valence-electron chi connectivity index (χ1n) is 17.2. The van der Waals surface area contributed by atoms with E-state index in [1.807, 2.05) is 11.8 Å². The van der Waals surface area contributed by atoms with Gasteiger partial charge >= 0.3 is 6.01 Å². The number of hydrogen-bond donors (Lipinski definition) is 4. The Bertz CT molecular complexity index is 3140. The lowest BCUT2D eigenvalue weighted by molar-refractivity contribution is -0.541. The van der Waals surface area contributed by atoms with Crippen molar-refractivity contribution in [2.75, 3.05) is 29.2 Å². The fourth-order valence-corrected chi connectivity index (χ4v) is 8.36. The molecule has 0 atom stereocenters. The summed E-state index contributed by atoms with van der Waals surface area (Å²) in [5, 5.41) is 5.60. The number of aromatic nitrogens is 5. The van der Waals surface area contributed by atoms with Crippen LogP contribution in [0.25, 0.3) is 27.8 Å². The van der Waals surface area contributed by atoms with Gasteiger partial charge in [0.05, 0.1) is 17.7 Å². The van der Waals surface area contributed by atoms with E-state index >= 15 is 0 Å². The summed E-state index contributed by atoms with van der Waals surface area (Å²) in [6.07, 6.45) is 0. The molecule has 2 aromatic heterocycles. The van der Waals surface area contributed by atoms with Crippen LogP contribution in [-0.2, 0) is 36.9 Å². The number of fused-ring (bicyclic) bond motifs is 2. The molecule has 22 heteroatoms. The third-order valence-corrected chi connectivity index (χ3v) is 11.7. The second kappa shape index (κ2) is 15.9. The molecular formula is C37H31ClN8O10S3. The maximum Gasteiger partial charge on any atom is 0.322 e. The summed E-state index contributed by atoms with van der Waals surface area (Å²) >= 11 is 5.94. The standard InChI is InChI=1S/C37H31ClN8O10S3/c1-3-45(21-22-7-6-8-26(17-22)57(47,48)49)25-13-16-28-32(20-25)46(30-9-4-5-10-33(30)58(50,51)52)31-18-23(11-14-27(31)41-28)39-29-15-12-24(19-34(29)59(53,54)55)40-36-42-35(38)43-37(44-36)56-2/h4-20H,3,21H2,1-2H3,(H4,40,41,42,43,44,47,48,49,50,51,52,53,54,55). The average molecular weight is 879 g/mol. The Morgan fingerprint density at radius 3 is 2.14 bits per heavy atom. The molecule has 4 N–H and O–H groups in total. The van der Waals surface area contributed by atoms with Crippen LogP contribution in [0.15, 0.2) is 118 Å². The number of anilines is 5. The predicted molar refractivity (Wildman–Crippen MR) is 216 cm³/mol. The lowest BCUT2D eigenvalue weighted by Crippen LogP contribution is -2.35. The average Bonchev–Trinajstić information content (AvgIpc) is 3.18. The third-order valence-electron chi connectivity index (χ3n) is 8.91. The van der Waals surface area contributed by atoms with Crippen molar-refractivity contribution in [1.29, 1.82) is 0 Å². The second-order valence-electron chi connectivity index (χ2n) is 12.7. The molecule has 5 aromatic carbocycles. The summed E-state index contributed by atoms with van der Waals surface area (Å²) in [6, 6.07) is 25.4. The summed E-state index contributed by atoms with van der Waals surface area (Å²) < 4.78 is 113. The minimum absolute atomic E-state index is 0.00205. The van der Waals surface area contributed by atoms with Crippen molar-refractivity contribution in [1.82, 2.24) is 19.9 Å². The highest BCUT2D eigenvalue weighted by atomic mass is 35.5. The van der Waals surface area contributed by atoms with Crippen LogP contribution in [0, 0.1) is 0 Å². The smallest absolute Gasteiger partial charge is 0.322 e. The van der Waals surface area contributed by atoms with Gasteiger partial charge in [-0.1, -0.05) is 24.3 Å². The minimum Gasteiger partial charge on any atom is -0.744 e. The van der Waals surface area contributed by atoms with E-state index in [1.54, 1.807) is 53.1 Å². The van der Waals surface area contributed by atoms with Crippen LogP contribution in [0.5, 0.6) is 6.01 Å². The topological polar surface area (TPSA) is 258 Å². The molecule has 0 fully saturated rings. The third kappa shape index (κ3) is 9.00. The first-order valence-corrected chi connectivity index (χ1v) is 21.9. The van der Waals surface area contributed by atoms with Crippen molar-refractivity contribution in [3.63, 3.8) is 0 Å². The lowest BCUT2D eigenvalue weighted by atomic mass is 10.1. The SMILES string of the molecule is CCN(Cc1cccc(S(=O)(=O)O)c1)c1ccc2nc3ccc(Nc4ccc(Nc5nc(Cl)nc(OC)n5)cc4S(=O)(=O)O)cc3[n+](-c3ccccc3S(=O)(=O)[O-])c2c1. The quantitative estimate of drug-likeness (QED) is 0.0640. The van der Waals surface area contributed by atoms with Crippen LogP contribution in [0.3, 0.4) is 0 Å². The zero-order valence-electron chi connectivity index (χ0n) is 30.7. The Morgan fingerprint density at radius 2 is 1.44 bits per heavy atom. The van der Waals surface area contributed by atoms with E-state index < -0.39 is 40.1 Å². The van der Waals surface area contributed by atoms with Crippen molar-refractivity contribution in [3.05, 3.63) is 114 Å². The summed E-state index contributed by atoms with van der Waals surface area (Å²) in [6.45, 7) is 2.53. The molecular weight excluding hydrogens is 848 g/mol. The molecule has 2 heterocycles. The zero-order chi connectivity index (χ0) is 42.3. The molecule has 0 aliphatic heterocycles.